The molecule has 1 aromatic heterocycles. The summed E-state index contributed by atoms with van der Waals surface area (Å²) in [6, 6.07) is 14.3. The molecule has 6 nitrogen and oxygen atoms in total. The molecule has 0 fully saturated rings. The van der Waals surface area contributed by atoms with E-state index in [1.807, 2.05) is 54.9 Å². The van der Waals surface area contributed by atoms with E-state index in [9.17, 15) is 19.5 Å². The van der Waals surface area contributed by atoms with E-state index in [0.717, 1.165) is 16.7 Å². The number of hydrogen-bond donors (Lipinski definition) is 0. The molecule has 1 heterocycles. The number of aryl methyl sites for hydroxylation is 1. The third kappa shape index (κ3) is 5.79. The average molecular weight is 437 g/mol. The summed E-state index contributed by atoms with van der Waals surface area (Å²) < 4.78 is 11.9. The maximum Gasteiger partial charge on any atom is 0.185 e. The predicted molar refractivity (Wildman–Crippen MR) is 114 cm³/mol. The average Bonchev–Trinajstić information content (AvgIpc) is 3.26. The monoisotopic (exact) mass is 437 g/mol. The first kappa shape index (κ1) is 22.2. The van der Waals surface area contributed by atoms with Crippen LogP contribution >= 0.6 is 11.3 Å². The van der Waals surface area contributed by atoms with Crippen molar-refractivity contribution < 1.29 is 29.0 Å². The maximum absolute atomic E-state index is 12.6. The number of carboxylic acid groups (broad SMARTS) is 1. The molecule has 0 N–H and O–H groups in total. The lowest BCUT2D eigenvalue weighted by molar-refractivity contribution is -0.299. The van der Waals surface area contributed by atoms with Gasteiger partial charge in [-0.1, -0.05) is 24.3 Å². The van der Waals surface area contributed by atoms with Gasteiger partial charge in [0.25, 0.3) is 0 Å². The van der Waals surface area contributed by atoms with Crippen molar-refractivity contribution in [1.82, 2.24) is 0 Å². The molecule has 0 spiro atoms. The summed E-state index contributed by atoms with van der Waals surface area (Å²) in [4.78, 5) is 34.8. The van der Waals surface area contributed by atoms with Crippen LogP contribution in [0.25, 0.3) is 0 Å². The van der Waals surface area contributed by atoms with Crippen molar-refractivity contribution in [3.05, 3.63) is 81.5 Å². The molecule has 7 heteroatoms. The molecular weight excluding hydrogens is 416 g/mol. The van der Waals surface area contributed by atoms with E-state index in [-0.39, 0.29) is 11.3 Å². The fourth-order valence-electron chi connectivity index (χ4n) is 3.07. The van der Waals surface area contributed by atoms with Crippen molar-refractivity contribution in [3.8, 4) is 11.5 Å². The molecule has 2 aromatic carbocycles. The maximum atomic E-state index is 12.6. The standard InChI is InChI=1S/C24H22O6S/c1-15-5-3-4-6-19(15)16(2)30-23-11-18(29-13-17-9-10-31-14-17)7-8-20(23)21(25)12-22(26)24(27)28/h3-11,14,16H,12-13H2,1-2H3,(H,27,28)/p-1. The molecule has 3 aromatic rings. The van der Waals surface area contributed by atoms with Crippen molar-refractivity contribution in [2.45, 2.75) is 33.0 Å². The molecule has 31 heavy (non-hydrogen) atoms. The lowest BCUT2D eigenvalue weighted by Gasteiger charge is -2.20. The number of carboxylic acids is 1. The van der Waals surface area contributed by atoms with Gasteiger partial charge in [-0.15, -0.1) is 0 Å². The number of rotatable bonds is 10. The van der Waals surface area contributed by atoms with E-state index in [0.29, 0.717) is 12.4 Å². The number of Topliss-reactive ketones (excluding diaryl/α,β-unsaturated/α-hetero) is 2. The second-order valence-electron chi connectivity index (χ2n) is 7.01. The molecule has 0 saturated carbocycles. The van der Waals surface area contributed by atoms with Gasteiger partial charge >= 0.3 is 0 Å². The van der Waals surface area contributed by atoms with E-state index >= 15 is 0 Å². The molecule has 160 valence electrons. The van der Waals surface area contributed by atoms with E-state index in [1.165, 1.54) is 6.07 Å². The van der Waals surface area contributed by atoms with Crippen LogP contribution in [-0.2, 0) is 16.2 Å². The molecule has 0 aliphatic carbocycles. The van der Waals surface area contributed by atoms with Crippen molar-refractivity contribution in [2.75, 3.05) is 0 Å². The normalized spacial score (nSPS) is 11.5. The minimum Gasteiger partial charge on any atom is -0.542 e. The molecule has 3 rings (SSSR count). The van der Waals surface area contributed by atoms with Gasteiger partial charge in [0.15, 0.2) is 11.6 Å². The Morgan fingerprint density at radius 2 is 1.87 bits per heavy atom. The zero-order chi connectivity index (χ0) is 22.4. The molecule has 0 radical (unpaired) electrons. The number of ether oxygens (including phenoxy) is 2. The Bertz CT molecular complexity index is 1090. The van der Waals surface area contributed by atoms with Crippen LogP contribution in [0.3, 0.4) is 0 Å². The Morgan fingerprint density at radius 1 is 1.10 bits per heavy atom. The first-order valence-electron chi connectivity index (χ1n) is 9.62. The highest BCUT2D eigenvalue weighted by Gasteiger charge is 2.20. The summed E-state index contributed by atoms with van der Waals surface area (Å²) in [5, 5.41) is 14.7. The summed E-state index contributed by atoms with van der Waals surface area (Å²) >= 11 is 1.57. The lowest BCUT2D eigenvalue weighted by atomic mass is 10.0. The van der Waals surface area contributed by atoms with Crippen LogP contribution in [0.2, 0.25) is 0 Å². The summed E-state index contributed by atoms with van der Waals surface area (Å²) in [6.07, 6.45) is -1.19. The largest absolute Gasteiger partial charge is 0.542 e. The summed E-state index contributed by atoms with van der Waals surface area (Å²) in [5.41, 5.74) is 3.09. The third-order valence-electron chi connectivity index (χ3n) is 4.72. The molecule has 0 bridgehead atoms. The summed E-state index contributed by atoms with van der Waals surface area (Å²) in [7, 11) is 0. The summed E-state index contributed by atoms with van der Waals surface area (Å²) in [5.74, 6) is -3.12. The number of aliphatic carboxylic acids is 1. The van der Waals surface area contributed by atoms with Gasteiger partial charge in [-0.05, 0) is 59.5 Å². The van der Waals surface area contributed by atoms with Crippen molar-refractivity contribution in [2.24, 2.45) is 0 Å². The van der Waals surface area contributed by atoms with E-state index in [1.54, 1.807) is 23.5 Å². The SMILES string of the molecule is Cc1ccccc1C(C)Oc1cc(OCc2ccsc2)ccc1C(=O)CC(=O)C(=O)[O-]. The number of hydrogen-bond acceptors (Lipinski definition) is 7. The topological polar surface area (TPSA) is 92.7 Å². The van der Waals surface area contributed by atoms with Crippen LogP contribution in [0.5, 0.6) is 11.5 Å². The van der Waals surface area contributed by atoms with E-state index < -0.39 is 30.1 Å². The van der Waals surface area contributed by atoms with Gasteiger partial charge in [-0.2, -0.15) is 11.3 Å². The zero-order valence-corrected chi connectivity index (χ0v) is 17.9. The zero-order valence-electron chi connectivity index (χ0n) is 17.1. The van der Waals surface area contributed by atoms with Gasteiger partial charge in [-0.25, -0.2) is 0 Å². The van der Waals surface area contributed by atoms with E-state index in [4.69, 9.17) is 9.47 Å². The fourth-order valence-corrected chi connectivity index (χ4v) is 3.73. The molecule has 0 saturated heterocycles. The second-order valence-corrected chi connectivity index (χ2v) is 7.79. The van der Waals surface area contributed by atoms with Crippen molar-refractivity contribution in [3.63, 3.8) is 0 Å². The summed E-state index contributed by atoms with van der Waals surface area (Å²) in [6.45, 7) is 4.16. The molecule has 1 unspecified atom stereocenters. The highest BCUT2D eigenvalue weighted by atomic mass is 32.1. The first-order valence-corrected chi connectivity index (χ1v) is 10.6. The van der Waals surface area contributed by atoms with Gasteiger partial charge in [0.05, 0.1) is 12.0 Å². The fraction of sp³-hybridized carbons (Fsp3) is 0.208. The van der Waals surface area contributed by atoms with Crippen LogP contribution in [-0.4, -0.2) is 17.5 Å². The Labute approximate surface area is 184 Å². The van der Waals surface area contributed by atoms with Gasteiger partial charge in [-0.3, -0.25) is 9.59 Å². The molecule has 0 amide bonds. The second kappa shape index (κ2) is 10.0. The van der Waals surface area contributed by atoms with Gasteiger partial charge in [0, 0.05) is 6.07 Å². The van der Waals surface area contributed by atoms with Crippen LogP contribution in [0.1, 0.15) is 46.5 Å². The molecule has 0 aliphatic heterocycles. The number of benzene rings is 2. The highest BCUT2D eigenvalue weighted by Crippen LogP contribution is 2.31. The number of thiophene rings is 1. The molecule has 1 atom stereocenters. The molecular formula is C24H21O6S-. The number of ketones is 2. The van der Waals surface area contributed by atoms with Crippen LogP contribution < -0.4 is 14.6 Å². The van der Waals surface area contributed by atoms with Crippen LogP contribution in [0, 0.1) is 6.92 Å². The third-order valence-corrected chi connectivity index (χ3v) is 5.45. The van der Waals surface area contributed by atoms with Crippen LogP contribution in [0.4, 0.5) is 0 Å². The Hall–Kier alpha value is -3.45. The van der Waals surface area contributed by atoms with Gasteiger partial charge in [0.2, 0.25) is 0 Å². The van der Waals surface area contributed by atoms with Gasteiger partial charge in [0.1, 0.15) is 30.2 Å². The molecule has 0 aliphatic rings. The van der Waals surface area contributed by atoms with E-state index in [2.05, 4.69) is 0 Å². The van der Waals surface area contributed by atoms with Gasteiger partial charge < -0.3 is 19.4 Å². The lowest BCUT2D eigenvalue weighted by Crippen LogP contribution is -2.32. The first-order chi connectivity index (χ1) is 14.8. The minimum absolute atomic E-state index is 0.109. The van der Waals surface area contributed by atoms with Crippen molar-refractivity contribution >= 4 is 28.9 Å². The van der Waals surface area contributed by atoms with Crippen LogP contribution in [0.15, 0.2) is 59.3 Å². The Morgan fingerprint density at radius 3 is 2.55 bits per heavy atom. The number of carbonyl (C=O) groups is 3. The minimum atomic E-state index is -1.89. The Balaban J connectivity index is 1.87. The highest BCUT2D eigenvalue weighted by molar-refractivity contribution is 7.07. The quantitative estimate of drug-likeness (QED) is 0.273. The predicted octanol–water partition coefficient (Wildman–Crippen LogP) is 3.67. The number of carbonyl (C=O) groups excluding carboxylic acids is 3. The van der Waals surface area contributed by atoms with Crippen molar-refractivity contribution in [1.29, 1.82) is 0 Å². The Kier molecular flexibility index (Phi) is 7.20. The smallest absolute Gasteiger partial charge is 0.185 e.